The number of aliphatic hydroxyl groups is 5. The van der Waals surface area contributed by atoms with Crippen molar-refractivity contribution in [3.63, 3.8) is 0 Å². The molecular formula is C21H42N2O10. The van der Waals surface area contributed by atoms with Gasteiger partial charge in [-0.3, -0.25) is 9.59 Å². The summed E-state index contributed by atoms with van der Waals surface area (Å²) >= 11 is 0. The molecule has 0 heterocycles. The van der Waals surface area contributed by atoms with Gasteiger partial charge >= 0.3 is 0 Å². The highest BCUT2D eigenvalue weighted by molar-refractivity contribution is 5.81. The molecule has 0 spiro atoms. The highest BCUT2D eigenvalue weighted by Crippen LogP contribution is 2.19. The van der Waals surface area contributed by atoms with Gasteiger partial charge in [-0.25, -0.2) is 0 Å². The summed E-state index contributed by atoms with van der Waals surface area (Å²) in [6.07, 6.45) is -6.30. The zero-order valence-corrected chi connectivity index (χ0v) is 20.2. The Hall–Kier alpha value is -1.38. The second kappa shape index (κ2) is 15.5. The minimum Gasteiger partial charge on any atom is -0.394 e. The standard InChI is InChI=1S/C21H42N2O10/c1-20(2,6-10-31-5)32-11-7-21(3,4)33-13-15(26)22-8-9-23-19(30)18(29)17(28)16(27)14(25)12-24/h14,16-18,24-25,27-29H,6-13H2,1-5H3,(H,22,26)(H,23,30). The minimum atomic E-state index is -2.03. The first-order valence-electron chi connectivity index (χ1n) is 10.9. The van der Waals surface area contributed by atoms with Crippen molar-refractivity contribution in [2.75, 3.05) is 46.6 Å². The minimum absolute atomic E-state index is 0.0375. The number of aliphatic hydroxyl groups excluding tert-OH is 5. The van der Waals surface area contributed by atoms with E-state index in [1.54, 1.807) is 7.11 Å². The average molecular weight is 483 g/mol. The van der Waals surface area contributed by atoms with Crippen molar-refractivity contribution in [3.8, 4) is 0 Å². The predicted octanol–water partition coefficient (Wildman–Crippen LogP) is -2.33. The molecule has 0 aliphatic carbocycles. The number of methoxy groups -OCH3 is 1. The maximum atomic E-state index is 12.0. The second-order valence-corrected chi connectivity index (χ2v) is 8.97. The van der Waals surface area contributed by atoms with Crippen LogP contribution in [0, 0.1) is 0 Å². The van der Waals surface area contributed by atoms with E-state index in [0.717, 1.165) is 6.42 Å². The van der Waals surface area contributed by atoms with Crippen LogP contribution in [0.25, 0.3) is 0 Å². The number of carbonyl (C=O) groups is 2. The van der Waals surface area contributed by atoms with Gasteiger partial charge in [-0.05, 0) is 40.5 Å². The van der Waals surface area contributed by atoms with Gasteiger partial charge in [0.15, 0.2) is 6.10 Å². The van der Waals surface area contributed by atoms with E-state index in [9.17, 15) is 30.0 Å². The normalized spacial score (nSPS) is 16.1. The summed E-state index contributed by atoms with van der Waals surface area (Å²) in [7, 11) is 1.64. The molecule has 4 unspecified atom stereocenters. The number of hydrogen-bond acceptors (Lipinski definition) is 10. The van der Waals surface area contributed by atoms with Gasteiger partial charge in [-0.1, -0.05) is 0 Å². The van der Waals surface area contributed by atoms with Crippen LogP contribution in [0.1, 0.15) is 40.5 Å². The molecule has 0 aromatic rings. The number of ether oxygens (including phenoxy) is 3. The lowest BCUT2D eigenvalue weighted by Gasteiger charge is -2.29. The fourth-order valence-corrected chi connectivity index (χ4v) is 2.55. The van der Waals surface area contributed by atoms with Crippen molar-refractivity contribution in [3.05, 3.63) is 0 Å². The highest BCUT2D eigenvalue weighted by atomic mass is 16.5. The Morgan fingerprint density at radius 1 is 0.848 bits per heavy atom. The van der Waals surface area contributed by atoms with E-state index in [4.69, 9.17) is 19.3 Å². The molecule has 0 bridgehead atoms. The Morgan fingerprint density at radius 3 is 1.97 bits per heavy atom. The van der Waals surface area contributed by atoms with Crippen molar-refractivity contribution < 1.29 is 49.3 Å². The Morgan fingerprint density at radius 2 is 1.39 bits per heavy atom. The third-order valence-corrected chi connectivity index (χ3v) is 4.97. The first kappa shape index (κ1) is 31.6. The number of nitrogens with one attached hydrogen (secondary N) is 2. The summed E-state index contributed by atoms with van der Waals surface area (Å²) in [5.74, 6) is -1.41. The molecule has 7 N–H and O–H groups in total. The van der Waals surface area contributed by atoms with Crippen molar-refractivity contribution in [1.29, 1.82) is 0 Å². The summed E-state index contributed by atoms with van der Waals surface area (Å²) in [5.41, 5.74) is -0.919. The summed E-state index contributed by atoms with van der Waals surface area (Å²) in [6.45, 7) is 7.64. The monoisotopic (exact) mass is 482 g/mol. The maximum absolute atomic E-state index is 12.0. The number of hydrogen-bond donors (Lipinski definition) is 7. The first-order valence-corrected chi connectivity index (χ1v) is 10.9. The van der Waals surface area contributed by atoms with Crippen LogP contribution in [-0.4, -0.2) is 120 Å². The van der Waals surface area contributed by atoms with Gasteiger partial charge < -0.3 is 50.4 Å². The molecule has 0 fully saturated rings. The zero-order chi connectivity index (χ0) is 25.7. The van der Waals surface area contributed by atoms with E-state index in [0.29, 0.717) is 19.6 Å². The molecule has 0 saturated heterocycles. The van der Waals surface area contributed by atoms with Crippen LogP contribution in [0.3, 0.4) is 0 Å². The van der Waals surface area contributed by atoms with E-state index in [1.807, 2.05) is 27.7 Å². The van der Waals surface area contributed by atoms with E-state index < -0.39 is 48.4 Å². The first-order chi connectivity index (χ1) is 15.3. The van der Waals surface area contributed by atoms with Gasteiger partial charge in [-0.15, -0.1) is 0 Å². The second-order valence-electron chi connectivity index (χ2n) is 8.97. The van der Waals surface area contributed by atoms with Crippen LogP contribution >= 0.6 is 0 Å². The van der Waals surface area contributed by atoms with Crippen molar-refractivity contribution in [2.45, 2.75) is 76.2 Å². The molecule has 0 radical (unpaired) electrons. The molecule has 0 aliphatic heterocycles. The van der Waals surface area contributed by atoms with Crippen LogP contribution in [0.4, 0.5) is 0 Å². The lowest BCUT2D eigenvalue weighted by Crippen LogP contribution is -2.52. The molecule has 0 aliphatic rings. The van der Waals surface area contributed by atoms with Gasteiger partial charge in [0, 0.05) is 26.8 Å². The van der Waals surface area contributed by atoms with Crippen LogP contribution in [0.2, 0.25) is 0 Å². The molecule has 2 amide bonds. The molecule has 4 atom stereocenters. The lowest BCUT2D eigenvalue weighted by molar-refractivity contribution is -0.149. The van der Waals surface area contributed by atoms with Crippen LogP contribution < -0.4 is 10.6 Å². The average Bonchev–Trinajstić information content (AvgIpc) is 2.76. The topological polar surface area (TPSA) is 187 Å². The van der Waals surface area contributed by atoms with Gasteiger partial charge in [0.05, 0.1) is 24.4 Å². The van der Waals surface area contributed by atoms with E-state index in [2.05, 4.69) is 10.6 Å². The number of carbonyl (C=O) groups excluding carboxylic acids is 2. The molecule has 12 nitrogen and oxygen atoms in total. The van der Waals surface area contributed by atoms with Gasteiger partial charge in [0.2, 0.25) is 5.91 Å². The Kier molecular flexibility index (Phi) is 14.9. The Bertz CT molecular complexity index is 573. The number of rotatable bonds is 18. The fraction of sp³-hybridized carbons (Fsp3) is 0.905. The fourth-order valence-electron chi connectivity index (χ4n) is 2.55. The summed E-state index contributed by atoms with van der Waals surface area (Å²) in [6, 6.07) is 0. The molecule has 0 aromatic carbocycles. The molecule has 0 aromatic heterocycles. The number of amides is 2. The quantitative estimate of drug-likeness (QED) is 0.104. The summed E-state index contributed by atoms with van der Waals surface area (Å²) < 4.78 is 16.6. The predicted molar refractivity (Wildman–Crippen MR) is 118 cm³/mol. The van der Waals surface area contributed by atoms with Crippen molar-refractivity contribution >= 4 is 11.8 Å². The maximum Gasteiger partial charge on any atom is 0.251 e. The third-order valence-electron chi connectivity index (χ3n) is 4.97. The van der Waals surface area contributed by atoms with E-state index >= 15 is 0 Å². The summed E-state index contributed by atoms with van der Waals surface area (Å²) in [4.78, 5) is 23.8. The van der Waals surface area contributed by atoms with E-state index in [-0.39, 0.29) is 25.3 Å². The molecular weight excluding hydrogens is 440 g/mol. The Labute approximate surface area is 195 Å². The molecule has 0 saturated carbocycles. The molecule has 12 heteroatoms. The highest BCUT2D eigenvalue weighted by Gasteiger charge is 2.34. The third kappa shape index (κ3) is 13.8. The van der Waals surface area contributed by atoms with E-state index in [1.165, 1.54) is 0 Å². The van der Waals surface area contributed by atoms with Crippen LogP contribution in [0.5, 0.6) is 0 Å². The SMILES string of the molecule is COCCC(C)(C)OCCC(C)(C)OCC(=O)NCCNC(=O)C(O)C(O)C(O)C(O)CO. The van der Waals surface area contributed by atoms with Gasteiger partial charge in [-0.2, -0.15) is 0 Å². The molecule has 196 valence electrons. The molecule has 0 rings (SSSR count). The largest absolute Gasteiger partial charge is 0.394 e. The smallest absolute Gasteiger partial charge is 0.251 e. The lowest BCUT2D eigenvalue weighted by atomic mass is 10.0. The van der Waals surface area contributed by atoms with Crippen molar-refractivity contribution in [2.24, 2.45) is 0 Å². The van der Waals surface area contributed by atoms with Gasteiger partial charge in [0.25, 0.3) is 5.91 Å². The summed E-state index contributed by atoms with van der Waals surface area (Å²) in [5, 5.41) is 51.7. The van der Waals surface area contributed by atoms with Crippen molar-refractivity contribution in [1.82, 2.24) is 10.6 Å². The Balaban J connectivity index is 4.16. The van der Waals surface area contributed by atoms with Gasteiger partial charge in [0.1, 0.15) is 24.9 Å². The molecule has 33 heavy (non-hydrogen) atoms. The van der Waals surface area contributed by atoms with Crippen LogP contribution in [-0.2, 0) is 23.8 Å². The van der Waals surface area contributed by atoms with Crippen LogP contribution in [0.15, 0.2) is 0 Å². The zero-order valence-electron chi connectivity index (χ0n) is 20.2.